The Bertz CT molecular complexity index is 1510. The highest BCUT2D eigenvalue weighted by molar-refractivity contribution is 7.80. The number of hydrogen-bond donors (Lipinski definition) is 2. The van der Waals surface area contributed by atoms with Crippen LogP contribution in [-0.2, 0) is 0 Å². The van der Waals surface area contributed by atoms with Crippen LogP contribution in [0.1, 0.15) is 76.0 Å². The Labute approximate surface area is 229 Å². The molecule has 0 spiro atoms. The molecular formula is C31H32N4O2S. The molecule has 0 aliphatic carbocycles. The van der Waals surface area contributed by atoms with Crippen molar-refractivity contribution in [1.82, 2.24) is 14.9 Å². The van der Waals surface area contributed by atoms with E-state index < -0.39 is 5.97 Å². The van der Waals surface area contributed by atoms with Crippen molar-refractivity contribution in [2.45, 2.75) is 52.6 Å². The van der Waals surface area contributed by atoms with Crippen LogP contribution in [0.4, 0.5) is 5.69 Å². The first kappa shape index (κ1) is 25.7. The molecule has 0 radical (unpaired) electrons. The van der Waals surface area contributed by atoms with E-state index in [9.17, 15) is 9.90 Å². The van der Waals surface area contributed by atoms with Gasteiger partial charge in [-0.25, -0.2) is 4.79 Å². The van der Waals surface area contributed by atoms with Gasteiger partial charge in [0.25, 0.3) is 0 Å². The number of nitrogens with zero attached hydrogens (tertiary/aromatic N) is 3. The molecule has 2 aromatic carbocycles. The number of thiocarbonyl (C=S) groups is 1. The molecule has 2 aromatic heterocycles. The Hall–Kier alpha value is -3.97. The van der Waals surface area contributed by atoms with Crippen LogP contribution >= 0.6 is 12.2 Å². The lowest BCUT2D eigenvalue weighted by molar-refractivity contribution is 0.0697. The lowest BCUT2D eigenvalue weighted by Gasteiger charge is -2.28. The third kappa shape index (κ3) is 4.47. The van der Waals surface area contributed by atoms with Gasteiger partial charge < -0.3 is 19.9 Å². The number of aryl methyl sites for hydroxylation is 2. The molecule has 2 N–H and O–H groups in total. The molecule has 3 heterocycles. The standard InChI is InChI=1S/C31H32N4O2S/c1-18(2)22-11-13-24(14-12-22)35-29(28(33-31(35)38)26-8-6-7-15-32-26)25-16-20(4)34(21(25)5)27-17-23(30(36)37)10-9-19(27)3/h6-18,28-29H,1-5H3,(H,33,38)(H,36,37)/t28-,29+/m1/s1. The summed E-state index contributed by atoms with van der Waals surface area (Å²) in [5.74, 6) is -0.501. The summed E-state index contributed by atoms with van der Waals surface area (Å²) in [5, 5.41) is 13.8. The molecule has 38 heavy (non-hydrogen) atoms. The van der Waals surface area contributed by atoms with Gasteiger partial charge in [-0.3, -0.25) is 4.98 Å². The number of carboxylic acids is 1. The van der Waals surface area contributed by atoms with E-state index in [0.29, 0.717) is 11.0 Å². The lowest BCUT2D eigenvalue weighted by atomic mass is 9.96. The van der Waals surface area contributed by atoms with Crippen LogP contribution < -0.4 is 10.2 Å². The van der Waals surface area contributed by atoms with Crippen molar-refractivity contribution in [3.8, 4) is 5.69 Å². The normalized spacial score (nSPS) is 17.2. The fraction of sp³-hybridized carbons (Fsp3) is 0.258. The zero-order valence-electron chi connectivity index (χ0n) is 22.3. The van der Waals surface area contributed by atoms with Gasteiger partial charge >= 0.3 is 5.97 Å². The van der Waals surface area contributed by atoms with Gasteiger partial charge in [0.05, 0.1) is 23.3 Å². The van der Waals surface area contributed by atoms with Crippen LogP contribution in [0.2, 0.25) is 0 Å². The summed E-state index contributed by atoms with van der Waals surface area (Å²) in [5.41, 5.74) is 8.51. The van der Waals surface area contributed by atoms with E-state index in [4.69, 9.17) is 12.2 Å². The fourth-order valence-electron chi connectivity index (χ4n) is 5.41. The number of carbonyl (C=O) groups is 1. The van der Waals surface area contributed by atoms with E-state index in [1.807, 2.05) is 31.2 Å². The second-order valence-corrected chi connectivity index (χ2v) is 10.6. The van der Waals surface area contributed by atoms with E-state index >= 15 is 0 Å². The van der Waals surface area contributed by atoms with Gasteiger partial charge in [0.1, 0.15) is 0 Å². The summed E-state index contributed by atoms with van der Waals surface area (Å²) in [6.07, 6.45) is 1.81. The maximum absolute atomic E-state index is 11.7. The summed E-state index contributed by atoms with van der Waals surface area (Å²) in [6.45, 7) is 10.5. The van der Waals surface area contributed by atoms with Gasteiger partial charge in [0.2, 0.25) is 0 Å². The van der Waals surface area contributed by atoms with E-state index in [1.54, 1.807) is 18.3 Å². The number of benzene rings is 2. The number of aromatic carboxylic acids is 1. The molecule has 0 saturated carbocycles. The molecule has 0 bridgehead atoms. The van der Waals surface area contributed by atoms with Crippen molar-refractivity contribution in [2.75, 3.05) is 4.90 Å². The molecule has 2 atom stereocenters. The first-order valence-corrected chi connectivity index (χ1v) is 13.2. The van der Waals surface area contributed by atoms with E-state index in [0.717, 1.165) is 39.6 Å². The Morgan fingerprint density at radius 2 is 1.76 bits per heavy atom. The van der Waals surface area contributed by atoms with Gasteiger partial charge in [0.15, 0.2) is 5.11 Å². The van der Waals surface area contributed by atoms with Crippen LogP contribution in [0, 0.1) is 20.8 Å². The van der Waals surface area contributed by atoms with Crippen LogP contribution in [0.5, 0.6) is 0 Å². The SMILES string of the molecule is Cc1ccc(C(=O)O)cc1-n1c(C)cc([C@H]2[C@@H](c3ccccn3)NC(=S)N2c2ccc(C(C)C)cc2)c1C. The third-order valence-corrected chi connectivity index (χ3v) is 7.74. The maximum Gasteiger partial charge on any atom is 0.335 e. The van der Waals surface area contributed by atoms with Gasteiger partial charge in [-0.2, -0.15) is 0 Å². The highest BCUT2D eigenvalue weighted by Crippen LogP contribution is 2.44. The minimum absolute atomic E-state index is 0.148. The Morgan fingerprint density at radius 1 is 1.03 bits per heavy atom. The number of aromatic nitrogens is 2. The van der Waals surface area contributed by atoms with E-state index in [-0.39, 0.29) is 17.6 Å². The zero-order valence-corrected chi connectivity index (χ0v) is 23.1. The Morgan fingerprint density at radius 3 is 2.39 bits per heavy atom. The van der Waals surface area contributed by atoms with Crippen LogP contribution in [0.15, 0.2) is 72.9 Å². The third-order valence-electron chi connectivity index (χ3n) is 7.42. The zero-order chi connectivity index (χ0) is 27.1. The molecule has 0 unspecified atom stereocenters. The van der Waals surface area contributed by atoms with Crippen molar-refractivity contribution < 1.29 is 9.90 Å². The molecule has 1 saturated heterocycles. The number of nitrogens with one attached hydrogen (secondary N) is 1. The lowest BCUT2D eigenvalue weighted by Crippen LogP contribution is -2.29. The highest BCUT2D eigenvalue weighted by atomic mass is 32.1. The molecule has 7 heteroatoms. The first-order chi connectivity index (χ1) is 18.2. The van der Waals surface area contributed by atoms with Crippen molar-refractivity contribution in [3.63, 3.8) is 0 Å². The largest absolute Gasteiger partial charge is 0.478 e. The predicted molar refractivity (Wildman–Crippen MR) is 155 cm³/mol. The first-order valence-electron chi connectivity index (χ1n) is 12.8. The molecule has 194 valence electrons. The van der Waals surface area contributed by atoms with Crippen molar-refractivity contribution in [2.24, 2.45) is 0 Å². The topological polar surface area (TPSA) is 70.4 Å². The van der Waals surface area contributed by atoms with Gasteiger partial charge in [-0.15, -0.1) is 0 Å². The molecule has 0 amide bonds. The molecule has 5 rings (SSSR count). The summed E-state index contributed by atoms with van der Waals surface area (Å²) < 4.78 is 2.15. The minimum Gasteiger partial charge on any atom is -0.478 e. The van der Waals surface area contributed by atoms with Crippen molar-refractivity contribution in [3.05, 3.63) is 112 Å². The summed E-state index contributed by atoms with van der Waals surface area (Å²) in [6, 6.07) is 21.7. The number of hydrogen-bond acceptors (Lipinski definition) is 3. The number of anilines is 1. The van der Waals surface area contributed by atoms with Crippen LogP contribution in [-0.4, -0.2) is 25.7 Å². The predicted octanol–water partition coefficient (Wildman–Crippen LogP) is 6.80. The maximum atomic E-state index is 11.7. The fourth-order valence-corrected chi connectivity index (χ4v) is 5.76. The van der Waals surface area contributed by atoms with Gasteiger partial charge in [-0.1, -0.05) is 38.1 Å². The molecule has 1 aliphatic heterocycles. The van der Waals surface area contributed by atoms with Gasteiger partial charge in [-0.05, 0) is 98.1 Å². The Balaban J connectivity index is 1.68. The number of rotatable bonds is 6. The number of pyridine rings is 1. The monoisotopic (exact) mass is 524 g/mol. The molecular weight excluding hydrogens is 492 g/mol. The summed E-state index contributed by atoms with van der Waals surface area (Å²) in [7, 11) is 0. The number of carboxylic acid groups (broad SMARTS) is 1. The minimum atomic E-state index is -0.939. The van der Waals surface area contributed by atoms with E-state index in [2.05, 4.69) is 77.8 Å². The molecule has 4 aromatic rings. The van der Waals surface area contributed by atoms with E-state index in [1.165, 1.54) is 5.56 Å². The van der Waals surface area contributed by atoms with Crippen molar-refractivity contribution >= 4 is 29.0 Å². The second-order valence-electron chi connectivity index (χ2n) is 10.2. The van der Waals surface area contributed by atoms with Gasteiger partial charge in [0, 0.05) is 29.0 Å². The summed E-state index contributed by atoms with van der Waals surface area (Å²) >= 11 is 5.92. The quantitative estimate of drug-likeness (QED) is 0.271. The Kier molecular flexibility index (Phi) is 6.80. The second kappa shape index (κ2) is 10.1. The smallest absolute Gasteiger partial charge is 0.335 e. The van der Waals surface area contributed by atoms with Crippen molar-refractivity contribution in [1.29, 1.82) is 0 Å². The summed E-state index contributed by atoms with van der Waals surface area (Å²) in [4.78, 5) is 18.6. The molecule has 6 nitrogen and oxygen atoms in total. The van der Waals surface area contributed by atoms with Crippen LogP contribution in [0.25, 0.3) is 5.69 Å². The average Bonchev–Trinajstić information content (AvgIpc) is 3.39. The molecule has 1 fully saturated rings. The molecule has 1 aliphatic rings. The van der Waals surface area contributed by atoms with Crippen LogP contribution in [0.3, 0.4) is 0 Å². The highest BCUT2D eigenvalue weighted by Gasteiger charge is 2.42. The average molecular weight is 525 g/mol.